The number of nitrogens with zero attached hydrogens (tertiary/aromatic N) is 4. The van der Waals surface area contributed by atoms with Crippen molar-refractivity contribution >= 4 is 60.2 Å². The molecule has 0 saturated heterocycles. The van der Waals surface area contributed by atoms with Gasteiger partial charge in [0, 0.05) is 15.6 Å². The molecular weight excluding hydrogens is 474 g/mol. The Morgan fingerprint density at radius 3 is 2.53 bits per heavy atom. The van der Waals surface area contributed by atoms with Crippen molar-refractivity contribution in [1.82, 2.24) is 14.9 Å². The highest BCUT2D eigenvalue weighted by Crippen LogP contribution is 2.29. The van der Waals surface area contributed by atoms with Crippen molar-refractivity contribution in [2.45, 2.75) is 13.5 Å². The highest BCUT2D eigenvalue weighted by atomic mass is 35.5. The van der Waals surface area contributed by atoms with Crippen LogP contribution in [-0.4, -0.2) is 28.2 Å². The van der Waals surface area contributed by atoms with Crippen LogP contribution in [0.15, 0.2) is 41.5 Å². The standard InChI is InChI=1S/C18H18Cl2N6O2.2ClH/c1-11-23-25-18(26(11)21)24-22-9-12-3-6-16(17(7-12)27-2)28-10-13-4-5-14(19)8-15(13)20;;/h3-9H,10,21H2,1-2H3,(H,24,25);2*1H. The Kier molecular flexibility index (Phi) is 10.0. The molecule has 0 fully saturated rings. The smallest absolute Gasteiger partial charge is 0.263 e. The van der Waals surface area contributed by atoms with Gasteiger partial charge < -0.3 is 15.3 Å². The molecule has 0 radical (unpaired) electrons. The number of hydrazone groups is 1. The molecule has 162 valence electrons. The van der Waals surface area contributed by atoms with Crippen molar-refractivity contribution in [3.8, 4) is 11.5 Å². The van der Waals surface area contributed by atoms with E-state index in [9.17, 15) is 0 Å². The molecule has 1 heterocycles. The first kappa shape index (κ1) is 25.6. The highest BCUT2D eigenvalue weighted by Gasteiger charge is 2.08. The van der Waals surface area contributed by atoms with Gasteiger partial charge in [-0.15, -0.1) is 35.0 Å². The van der Waals surface area contributed by atoms with Crippen molar-refractivity contribution < 1.29 is 9.47 Å². The van der Waals surface area contributed by atoms with Crippen LogP contribution < -0.4 is 20.7 Å². The summed E-state index contributed by atoms with van der Waals surface area (Å²) in [5.41, 5.74) is 4.34. The Hall–Kier alpha value is -2.39. The van der Waals surface area contributed by atoms with Crippen molar-refractivity contribution in [2.75, 3.05) is 18.4 Å². The number of halogens is 4. The van der Waals surface area contributed by atoms with Crippen LogP contribution in [0.5, 0.6) is 11.5 Å². The van der Waals surface area contributed by atoms with Gasteiger partial charge in [0.1, 0.15) is 6.61 Å². The van der Waals surface area contributed by atoms with Gasteiger partial charge in [0.25, 0.3) is 5.95 Å². The number of nitrogens with two attached hydrogens (primary N) is 1. The van der Waals surface area contributed by atoms with Gasteiger partial charge in [-0.2, -0.15) is 5.10 Å². The summed E-state index contributed by atoms with van der Waals surface area (Å²) >= 11 is 12.1. The maximum absolute atomic E-state index is 6.17. The summed E-state index contributed by atoms with van der Waals surface area (Å²) in [5, 5.41) is 12.9. The maximum Gasteiger partial charge on any atom is 0.263 e. The first-order chi connectivity index (χ1) is 13.5. The van der Waals surface area contributed by atoms with E-state index in [4.69, 9.17) is 38.5 Å². The van der Waals surface area contributed by atoms with Crippen LogP contribution in [0.25, 0.3) is 0 Å². The van der Waals surface area contributed by atoms with Crippen molar-refractivity contribution in [1.29, 1.82) is 0 Å². The number of aryl methyl sites for hydroxylation is 1. The van der Waals surface area contributed by atoms with Crippen LogP contribution >= 0.6 is 48.0 Å². The van der Waals surface area contributed by atoms with Crippen molar-refractivity contribution in [2.24, 2.45) is 5.10 Å². The van der Waals surface area contributed by atoms with Crippen molar-refractivity contribution in [3.63, 3.8) is 0 Å². The second-order valence-corrected chi connectivity index (χ2v) is 6.59. The minimum Gasteiger partial charge on any atom is -0.493 e. The van der Waals surface area contributed by atoms with Crippen LogP contribution in [0.4, 0.5) is 5.95 Å². The zero-order valence-corrected chi connectivity index (χ0v) is 19.1. The number of hydrogen-bond donors (Lipinski definition) is 2. The summed E-state index contributed by atoms with van der Waals surface area (Å²) in [6.07, 6.45) is 1.60. The molecule has 3 aromatic rings. The zero-order chi connectivity index (χ0) is 20.1. The first-order valence-electron chi connectivity index (χ1n) is 8.19. The van der Waals surface area contributed by atoms with Gasteiger partial charge in [0.15, 0.2) is 17.3 Å². The summed E-state index contributed by atoms with van der Waals surface area (Å²) in [4.78, 5) is 0. The van der Waals surface area contributed by atoms with E-state index in [1.54, 1.807) is 44.5 Å². The predicted molar refractivity (Wildman–Crippen MR) is 124 cm³/mol. The monoisotopic (exact) mass is 492 g/mol. The molecule has 0 spiro atoms. The van der Waals surface area contributed by atoms with E-state index in [2.05, 4.69) is 20.7 Å². The van der Waals surface area contributed by atoms with Crippen LogP contribution in [-0.2, 0) is 6.61 Å². The van der Waals surface area contributed by atoms with Gasteiger partial charge in [0.2, 0.25) is 0 Å². The molecular formula is C18H20Cl4N6O2. The number of aromatic nitrogens is 3. The minimum absolute atomic E-state index is 0. The molecule has 0 atom stereocenters. The van der Waals surface area contributed by atoms with Crippen LogP contribution in [0, 0.1) is 6.92 Å². The zero-order valence-electron chi connectivity index (χ0n) is 16.0. The van der Waals surface area contributed by atoms with E-state index >= 15 is 0 Å². The van der Waals surface area contributed by atoms with E-state index in [1.807, 2.05) is 12.1 Å². The lowest BCUT2D eigenvalue weighted by atomic mass is 10.2. The number of nitrogens with one attached hydrogen (secondary N) is 1. The molecule has 0 aliphatic heterocycles. The molecule has 2 aromatic carbocycles. The molecule has 3 N–H and O–H groups in total. The number of anilines is 1. The molecule has 0 saturated carbocycles. The fraction of sp³-hybridized carbons (Fsp3) is 0.167. The third-order valence-corrected chi connectivity index (χ3v) is 4.42. The number of methoxy groups -OCH3 is 1. The average Bonchev–Trinajstić information content (AvgIpc) is 3.00. The average molecular weight is 494 g/mol. The molecule has 30 heavy (non-hydrogen) atoms. The van der Waals surface area contributed by atoms with Gasteiger partial charge in [-0.3, -0.25) is 0 Å². The quantitative estimate of drug-likeness (QED) is 0.286. The number of rotatable bonds is 7. The van der Waals surface area contributed by atoms with Crippen LogP contribution in [0.3, 0.4) is 0 Å². The Labute approximate surface area is 196 Å². The fourth-order valence-electron chi connectivity index (χ4n) is 2.29. The SMILES string of the molecule is COc1cc(C=NNc2nnc(C)n2N)ccc1OCc1ccc(Cl)cc1Cl.Cl.Cl. The first-order valence-corrected chi connectivity index (χ1v) is 8.94. The van der Waals surface area contributed by atoms with Gasteiger partial charge in [-0.05, 0) is 42.8 Å². The highest BCUT2D eigenvalue weighted by molar-refractivity contribution is 6.35. The fourth-order valence-corrected chi connectivity index (χ4v) is 2.75. The topological polar surface area (TPSA) is 99.6 Å². The molecule has 0 aliphatic rings. The second kappa shape index (κ2) is 11.7. The van der Waals surface area contributed by atoms with Gasteiger partial charge in [-0.25, -0.2) is 10.1 Å². The Morgan fingerprint density at radius 2 is 1.90 bits per heavy atom. The molecule has 8 nitrogen and oxygen atoms in total. The number of benzene rings is 2. The predicted octanol–water partition coefficient (Wildman–Crippen LogP) is 4.48. The van der Waals surface area contributed by atoms with Gasteiger partial charge in [-0.1, -0.05) is 29.3 Å². The number of ether oxygens (including phenoxy) is 2. The molecule has 0 bridgehead atoms. The van der Waals surface area contributed by atoms with E-state index in [0.29, 0.717) is 33.3 Å². The summed E-state index contributed by atoms with van der Waals surface area (Å²) in [6.45, 7) is 2.02. The number of nitrogen functional groups attached to an aromatic ring is 1. The third-order valence-electron chi connectivity index (χ3n) is 3.83. The summed E-state index contributed by atoms with van der Waals surface area (Å²) in [7, 11) is 1.57. The minimum atomic E-state index is 0. The normalized spacial score (nSPS) is 10.3. The molecule has 1 aromatic heterocycles. The largest absolute Gasteiger partial charge is 0.493 e. The Morgan fingerprint density at radius 1 is 1.13 bits per heavy atom. The van der Waals surface area contributed by atoms with E-state index < -0.39 is 0 Å². The van der Waals surface area contributed by atoms with E-state index in [-0.39, 0.29) is 31.4 Å². The summed E-state index contributed by atoms with van der Waals surface area (Å²) in [5.74, 6) is 7.80. The van der Waals surface area contributed by atoms with E-state index in [0.717, 1.165) is 11.1 Å². The third kappa shape index (κ3) is 6.30. The van der Waals surface area contributed by atoms with Crippen LogP contribution in [0.1, 0.15) is 17.0 Å². The van der Waals surface area contributed by atoms with Crippen molar-refractivity contribution in [3.05, 3.63) is 63.4 Å². The lowest BCUT2D eigenvalue weighted by molar-refractivity contribution is 0.284. The molecule has 0 unspecified atom stereocenters. The lowest BCUT2D eigenvalue weighted by Crippen LogP contribution is -2.13. The Balaban J connectivity index is 0.00000225. The number of hydrogen-bond acceptors (Lipinski definition) is 7. The van der Waals surface area contributed by atoms with Gasteiger partial charge in [0.05, 0.1) is 13.3 Å². The Bertz CT molecular complexity index is 1010. The molecule has 0 aliphatic carbocycles. The van der Waals surface area contributed by atoms with Crippen LogP contribution in [0.2, 0.25) is 10.0 Å². The maximum atomic E-state index is 6.17. The summed E-state index contributed by atoms with van der Waals surface area (Å²) in [6, 6.07) is 10.7. The molecule has 0 amide bonds. The summed E-state index contributed by atoms with van der Waals surface area (Å²) < 4.78 is 12.5. The van der Waals surface area contributed by atoms with E-state index in [1.165, 1.54) is 4.68 Å². The lowest BCUT2D eigenvalue weighted by Gasteiger charge is -2.12. The molecule has 3 rings (SSSR count). The van der Waals surface area contributed by atoms with Gasteiger partial charge >= 0.3 is 0 Å². The second-order valence-electron chi connectivity index (χ2n) is 5.75. The molecule has 12 heteroatoms.